The second kappa shape index (κ2) is 4.81. The van der Waals surface area contributed by atoms with Gasteiger partial charge in [-0.15, -0.1) is 11.3 Å². The van der Waals surface area contributed by atoms with Crippen LogP contribution in [0, 0.1) is 4.77 Å². The predicted molar refractivity (Wildman–Crippen MR) is 83.3 cm³/mol. The third-order valence-corrected chi connectivity index (χ3v) is 5.02. The Hall–Kier alpha value is -0.620. The third kappa shape index (κ3) is 2.16. The van der Waals surface area contributed by atoms with E-state index in [2.05, 4.69) is 36.9 Å². The van der Waals surface area contributed by atoms with Gasteiger partial charge in [-0.25, -0.2) is 0 Å². The van der Waals surface area contributed by atoms with Crippen LogP contribution < -0.4 is 0 Å². The minimum absolute atomic E-state index is 0.697. The molecule has 3 rings (SSSR count). The first-order chi connectivity index (χ1) is 8.65. The summed E-state index contributed by atoms with van der Waals surface area (Å²) in [5.74, 6) is 0. The van der Waals surface area contributed by atoms with Crippen LogP contribution in [0.25, 0.3) is 11.0 Å². The Kier molecular flexibility index (Phi) is 3.32. The molecule has 2 aromatic heterocycles. The number of aromatic nitrogens is 2. The molecule has 18 heavy (non-hydrogen) atoms. The quantitative estimate of drug-likeness (QED) is 0.622. The zero-order valence-electron chi connectivity index (χ0n) is 9.11. The third-order valence-electron chi connectivity index (χ3n) is 2.70. The topological polar surface area (TPSA) is 20.7 Å². The van der Waals surface area contributed by atoms with Gasteiger partial charge in [0.05, 0.1) is 22.6 Å². The number of fused-ring (bicyclic) bond motifs is 1. The summed E-state index contributed by atoms with van der Waals surface area (Å²) in [7, 11) is 0. The lowest BCUT2D eigenvalue weighted by Crippen LogP contribution is -1.97. The zero-order valence-corrected chi connectivity index (χ0v) is 13.1. The van der Waals surface area contributed by atoms with Crippen LogP contribution in [0.3, 0.4) is 0 Å². The Labute approximate surface area is 126 Å². The standard InChI is InChI=1S/C12H8BrClN2S2/c13-7-4-8(18-6-7)5-16-10-3-1-2-9(14)11(10)15-12(16)17/h1-4,6H,5H2,(H,15,17). The minimum atomic E-state index is 0.697. The summed E-state index contributed by atoms with van der Waals surface area (Å²) in [4.78, 5) is 4.41. The van der Waals surface area contributed by atoms with Crippen molar-refractivity contribution in [3.63, 3.8) is 0 Å². The van der Waals surface area contributed by atoms with Crippen LogP contribution in [0.5, 0.6) is 0 Å². The molecule has 0 bridgehead atoms. The molecule has 0 aliphatic heterocycles. The second-order valence-corrected chi connectivity index (χ2v) is 6.59. The van der Waals surface area contributed by atoms with Gasteiger partial charge < -0.3 is 9.55 Å². The lowest BCUT2D eigenvalue weighted by molar-refractivity contribution is 0.823. The molecule has 0 saturated carbocycles. The van der Waals surface area contributed by atoms with E-state index in [0.29, 0.717) is 9.79 Å². The molecule has 1 N–H and O–H groups in total. The number of H-pyrrole nitrogens is 1. The molecule has 2 nitrogen and oxygen atoms in total. The summed E-state index contributed by atoms with van der Waals surface area (Å²) in [6.45, 7) is 0.759. The van der Waals surface area contributed by atoms with E-state index in [4.69, 9.17) is 23.8 Å². The molecular weight excluding hydrogens is 352 g/mol. The van der Waals surface area contributed by atoms with Gasteiger partial charge in [0, 0.05) is 14.7 Å². The molecule has 1 aromatic carbocycles. The molecule has 6 heteroatoms. The SMILES string of the molecule is S=c1[nH]c2c(Cl)cccc2n1Cc1cc(Br)cs1. The lowest BCUT2D eigenvalue weighted by atomic mass is 10.3. The predicted octanol–water partition coefficient (Wildman–Crippen LogP) is 5.22. The van der Waals surface area contributed by atoms with Gasteiger partial charge in [-0.05, 0) is 46.3 Å². The van der Waals surface area contributed by atoms with Gasteiger partial charge in [0.15, 0.2) is 4.77 Å². The Bertz CT molecular complexity index is 772. The van der Waals surface area contributed by atoms with E-state index in [9.17, 15) is 0 Å². The molecule has 0 radical (unpaired) electrons. The Balaban J connectivity index is 2.14. The number of hydrogen-bond donors (Lipinski definition) is 1. The fourth-order valence-corrected chi connectivity index (χ4v) is 3.82. The highest BCUT2D eigenvalue weighted by Crippen LogP contribution is 2.25. The first kappa shape index (κ1) is 12.4. The van der Waals surface area contributed by atoms with Crippen LogP contribution >= 0.6 is 51.1 Å². The van der Waals surface area contributed by atoms with E-state index in [1.165, 1.54) is 4.88 Å². The zero-order chi connectivity index (χ0) is 12.7. The number of imidazole rings is 1. The maximum absolute atomic E-state index is 6.15. The monoisotopic (exact) mass is 358 g/mol. The minimum Gasteiger partial charge on any atom is -0.329 e. The van der Waals surface area contributed by atoms with Gasteiger partial charge in [-0.1, -0.05) is 17.7 Å². The highest BCUT2D eigenvalue weighted by molar-refractivity contribution is 9.10. The molecule has 0 spiro atoms. The number of thiophene rings is 1. The number of nitrogens with zero attached hydrogens (tertiary/aromatic N) is 1. The van der Waals surface area contributed by atoms with E-state index in [1.54, 1.807) is 11.3 Å². The van der Waals surface area contributed by atoms with Crippen molar-refractivity contribution in [2.45, 2.75) is 6.54 Å². The fourth-order valence-electron chi connectivity index (χ4n) is 1.89. The Morgan fingerprint density at radius 1 is 1.44 bits per heavy atom. The molecule has 0 unspecified atom stereocenters. The second-order valence-electron chi connectivity index (χ2n) is 3.88. The number of para-hydroxylation sites is 1. The molecule has 2 heterocycles. The molecule has 92 valence electrons. The maximum atomic E-state index is 6.15. The number of rotatable bonds is 2. The molecule has 0 amide bonds. The van der Waals surface area contributed by atoms with Crippen LogP contribution in [0.2, 0.25) is 5.02 Å². The molecule has 0 saturated heterocycles. The van der Waals surface area contributed by atoms with Crippen molar-refractivity contribution in [1.29, 1.82) is 0 Å². The molecule has 3 aromatic rings. The van der Waals surface area contributed by atoms with Crippen molar-refractivity contribution < 1.29 is 0 Å². The van der Waals surface area contributed by atoms with Crippen LogP contribution in [0.15, 0.2) is 34.1 Å². The van der Waals surface area contributed by atoms with E-state index < -0.39 is 0 Å². The summed E-state index contributed by atoms with van der Waals surface area (Å²) < 4.78 is 3.86. The summed E-state index contributed by atoms with van der Waals surface area (Å²) in [6.07, 6.45) is 0. The molecular formula is C12H8BrClN2S2. The van der Waals surface area contributed by atoms with Crippen LogP contribution in [0.4, 0.5) is 0 Å². The molecule has 0 aliphatic rings. The van der Waals surface area contributed by atoms with Crippen molar-refractivity contribution in [2.24, 2.45) is 0 Å². The number of halogens is 2. The average molecular weight is 360 g/mol. The number of hydrogen-bond acceptors (Lipinski definition) is 2. The molecule has 0 aliphatic carbocycles. The van der Waals surface area contributed by atoms with Crippen LogP contribution in [-0.4, -0.2) is 9.55 Å². The highest BCUT2D eigenvalue weighted by atomic mass is 79.9. The van der Waals surface area contributed by atoms with Gasteiger partial charge in [0.25, 0.3) is 0 Å². The first-order valence-electron chi connectivity index (χ1n) is 5.25. The molecule has 0 atom stereocenters. The van der Waals surface area contributed by atoms with E-state index in [-0.39, 0.29) is 0 Å². The van der Waals surface area contributed by atoms with Crippen molar-refractivity contribution >= 4 is 62.1 Å². The Morgan fingerprint density at radius 2 is 2.28 bits per heavy atom. The highest BCUT2D eigenvalue weighted by Gasteiger charge is 2.08. The van der Waals surface area contributed by atoms with E-state index in [0.717, 1.165) is 22.1 Å². The van der Waals surface area contributed by atoms with Crippen molar-refractivity contribution in [2.75, 3.05) is 0 Å². The lowest BCUT2D eigenvalue weighted by Gasteiger charge is -2.02. The average Bonchev–Trinajstić information content (AvgIpc) is 2.87. The van der Waals surface area contributed by atoms with Gasteiger partial charge in [-0.3, -0.25) is 0 Å². The largest absolute Gasteiger partial charge is 0.329 e. The van der Waals surface area contributed by atoms with Crippen LogP contribution in [0.1, 0.15) is 4.88 Å². The number of nitrogens with one attached hydrogen (secondary N) is 1. The summed E-state index contributed by atoms with van der Waals surface area (Å²) in [6, 6.07) is 7.93. The summed E-state index contributed by atoms with van der Waals surface area (Å²) in [5, 5.41) is 2.77. The number of benzene rings is 1. The van der Waals surface area contributed by atoms with E-state index >= 15 is 0 Å². The fraction of sp³-hybridized carbons (Fsp3) is 0.0833. The van der Waals surface area contributed by atoms with Gasteiger partial charge in [0.1, 0.15) is 0 Å². The summed E-state index contributed by atoms with van der Waals surface area (Å²) in [5.41, 5.74) is 1.94. The van der Waals surface area contributed by atoms with E-state index in [1.807, 2.05) is 18.2 Å². The normalized spacial score (nSPS) is 11.2. The van der Waals surface area contributed by atoms with Gasteiger partial charge >= 0.3 is 0 Å². The van der Waals surface area contributed by atoms with Gasteiger partial charge in [-0.2, -0.15) is 0 Å². The first-order valence-corrected chi connectivity index (χ1v) is 7.71. The number of aromatic amines is 1. The van der Waals surface area contributed by atoms with Crippen molar-refractivity contribution in [3.05, 3.63) is 48.8 Å². The smallest absolute Gasteiger partial charge is 0.178 e. The Morgan fingerprint density at radius 3 is 3.00 bits per heavy atom. The summed E-state index contributed by atoms with van der Waals surface area (Å²) >= 11 is 16.7. The maximum Gasteiger partial charge on any atom is 0.178 e. The molecule has 0 fully saturated rings. The van der Waals surface area contributed by atoms with Crippen LogP contribution in [-0.2, 0) is 6.54 Å². The van der Waals surface area contributed by atoms with Crippen molar-refractivity contribution in [3.8, 4) is 0 Å². The van der Waals surface area contributed by atoms with Gasteiger partial charge in [0.2, 0.25) is 0 Å². The van der Waals surface area contributed by atoms with Crippen molar-refractivity contribution in [1.82, 2.24) is 9.55 Å².